The lowest BCUT2D eigenvalue weighted by atomic mass is 10.0. The number of phenolic OH excluding ortho intramolecular Hbond substituents is 1. The number of aliphatic hydroxyl groups is 1. The number of unbranched alkanes of at least 4 members (excludes halogenated alkanes) is 1. The van der Waals surface area contributed by atoms with Gasteiger partial charge < -0.3 is 10.2 Å². The third-order valence-corrected chi connectivity index (χ3v) is 4.65. The Labute approximate surface area is 169 Å². The molecule has 2 N–H and O–H groups in total. The Kier molecular flexibility index (Phi) is 6.73. The highest BCUT2D eigenvalue weighted by atomic mass is 19.2. The van der Waals surface area contributed by atoms with E-state index in [1.54, 1.807) is 25.3 Å². The molecule has 0 bridgehead atoms. The van der Waals surface area contributed by atoms with Crippen LogP contribution in [0, 0.1) is 11.6 Å². The number of pyridine rings is 1. The summed E-state index contributed by atoms with van der Waals surface area (Å²) in [5.74, 6) is -3.11. The lowest BCUT2D eigenvalue weighted by Gasteiger charge is -2.07. The minimum Gasteiger partial charge on any atom is -0.505 e. The van der Waals surface area contributed by atoms with E-state index in [-0.39, 0.29) is 11.7 Å². The minimum absolute atomic E-state index is 0.00271. The highest BCUT2D eigenvalue weighted by Gasteiger charge is 2.15. The van der Waals surface area contributed by atoms with Crippen LogP contribution >= 0.6 is 0 Å². The van der Waals surface area contributed by atoms with E-state index < -0.39 is 17.4 Å². The molecule has 0 saturated carbocycles. The smallest absolute Gasteiger partial charge is 0.201 e. The zero-order chi connectivity index (χ0) is 20.8. The van der Waals surface area contributed by atoms with E-state index in [9.17, 15) is 19.0 Å². The van der Waals surface area contributed by atoms with Crippen molar-refractivity contribution in [2.75, 3.05) is 0 Å². The molecule has 3 nitrogen and oxygen atoms in total. The lowest BCUT2D eigenvalue weighted by molar-refractivity contribution is 0.182. The SMILES string of the molecule is CC(O)CCC/C=C/c1ccc(-c2ccc(-c3ccc(O)c(F)c3F)nc2)cc1. The van der Waals surface area contributed by atoms with Crippen molar-refractivity contribution >= 4 is 6.08 Å². The molecule has 1 aromatic heterocycles. The maximum atomic E-state index is 14.0. The highest BCUT2D eigenvalue weighted by molar-refractivity contribution is 5.68. The summed E-state index contributed by atoms with van der Waals surface area (Å²) in [6.07, 6.45) is 8.18. The Bertz CT molecular complexity index is 981. The van der Waals surface area contributed by atoms with Crippen molar-refractivity contribution in [3.8, 4) is 28.1 Å². The molecule has 0 saturated heterocycles. The van der Waals surface area contributed by atoms with Crippen molar-refractivity contribution in [3.05, 3.63) is 78.0 Å². The Morgan fingerprint density at radius 3 is 2.34 bits per heavy atom. The van der Waals surface area contributed by atoms with Crippen molar-refractivity contribution in [2.45, 2.75) is 32.3 Å². The van der Waals surface area contributed by atoms with Gasteiger partial charge in [-0.3, -0.25) is 4.98 Å². The first-order valence-corrected chi connectivity index (χ1v) is 9.54. The molecule has 29 heavy (non-hydrogen) atoms. The number of aliphatic hydroxyl groups excluding tert-OH is 1. The van der Waals surface area contributed by atoms with Crippen molar-refractivity contribution in [1.29, 1.82) is 0 Å². The minimum atomic E-state index is -1.28. The molecule has 0 amide bonds. The average molecular weight is 395 g/mol. The zero-order valence-electron chi connectivity index (χ0n) is 16.1. The Balaban J connectivity index is 1.69. The van der Waals surface area contributed by atoms with Crippen molar-refractivity contribution in [1.82, 2.24) is 4.98 Å². The quantitative estimate of drug-likeness (QED) is 0.485. The summed E-state index contributed by atoms with van der Waals surface area (Å²) in [7, 11) is 0. The molecular weight excluding hydrogens is 372 g/mol. The summed E-state index contributed by atoms with van der Waals surface area (Å²) < 4.78 is 27.6. The second-order valence-electron chi connectivity index (χ2n) is 7.00. The van der Waals surface area contributed by atoms with Crippen LogP contribution in [0.3, 0.4) is 0 Å². The molecular formula is C24H23F2NO2. The van der Waals surface area contributed by atoms with Gasteiger partial charge in [0.15, 0.2) is 11.6 Å². The van der Waals surface area contributed by atoms with Gasteiger partial charge in [-0.1, -0.05) is 42.5 Å². The van der Waals surface area contributed by atoms with Crippen LogP contribution in [0.5, 0.6) is 5.75 Å². The van der Waals surface area contributed by atoms with E-state index in [1.807, 2.05) is 24.3 Å². The molecule has 0 aliphatic heterocycles. The monoisotopic (exact) mass is 395 g/mol. The van der Waals surface area contributed by atoms with Gasteiger partial charge >= 0.3 is 0 Å². The molecule has 0 aliphatic carbocycles. The van der Waals surface area contributed by atoms with Crippen LogP contribution in [0.15, 0.2) is 60.8 Å². The van der Waals surface area contributed by atoms with Crippen molar-refractivity contribution in [2.24, 2.45) is 0 Å². The maximum Gasteiger partial charge on any atom is 0.201 e. The fourth-order valence-electron chi connectivity index (χ4n) is 3.00. The topological polar surface area (TPSA) is 53.4 Å². The van der Waals surface area contributed by atoms with Crippen LogP contribution in [-0.2, 0) is 0 Å². The van der Waals surface area contributed by atoms with Gasteiger partial charge in [-0.15, -0.1) is 0 Å². The highest BCUT2D eigenvalue weighted by Crippen LogP contribution is 2.29. The van der Waals surface area contributed by atoms with E-state index in [2.05, 4.69) is 17.1 Å². The standard InChI is InChI=1S/C24H23F2NO2/c1-16(28)5-3-2-4-6-17-7-9-18(10-8-17)19-11-13-21(27-15-19)20-12-14-22(29)24(26)23(20)25/h4,6-16,28-29H,2-3,5H2,1H3/b6-4+. The summed E-state index contributed by atoms with van der Waals surface area (Å²) >= 11 is 0. The first-order valence-electron chi connectivity index (χ1n) is 9.54. The summed E-state index contributed by atoms with van der Waals surface area (Å²) in [5.41, 5.74) is 3.20. The van der Waals surface area contributed by atoms with Gasteiger partial charge in [0.05, 0.1) is 11.8 Å². The molecule has 150 valence electrons. The molecule has 3 aromatic rings. The van der Waals surface area contributed by atoms with Gasteiger partial charge in [-0.25, -0.2) is 4.39 Å². The number of aromatic hydroxyl groups is 1. The predicted molar refractivity (Wildman–Crippen MR) is 111 cm³/mol. The Morgan fingerprint density at radius 1 is 0.966 bits per heavy atom. The number of allylic oxidation sites excluding steroid dienone is 1. The molecule has 2 aromatic carbocycles. The van der Waals surface area contributed by atoms with E-state index >= 15 is 0 Å². The molecule has 5 heteroatoms. The molecule has 1 atom stereocenters. The number of aromatic nitrogens is 1. The Morgan fingerprint density at radius 2 is 1.69 bits per heavy atom. The Hall–Kier alpha value is -3.05. The van der Waals surface area contributed by atoms with Gasteiger partial charge in [0.25, 0.3) is 0 Å². The molecule has 0 aliphatic rings. The van der Waals surface area contributed by atoms with E-state index in [1.165, 1.54) is 6.07 Å². The summed E-state index contributed by atoms with van der Waals surface area (Å²) in [6.45, 7) is 1.79. The van der Waals surface area contributed by atoms with Crippen molar-refractivity contribution in [3.63, 3.8) is 0 Å². The first-order chi connectivity index (χ1) is 14.0. The van der Waals surface area contributed by atoms with Crippen LogP contribution in [-0.4, -0.2) is 21.3 Å². The van der Waals surface area contributed by atoms with Crippen LogP contribution < -0.4 is 0 Å². The normalized spacial score (nSPS) is 12.4. The fraction of sp³-hybridized carbons (Fsp3) is 0.208. The van der Waals surface area contributed by atoms with Gasteiger partial charge in [-0.05, 0) is 55.5 Å². The van der Waals surface area contributed by atoms with E-state index in [0.29, 0.717) is 5.69 Å². The number of phenols is 1. The molecule has 1 unspecified atom stereocenters. The zero-order valence-corrected chi connectivity index (χ0v) is 16.1. The molecule has 1 heterocycles. The summed E-state index contributed by atoms with van der Waals surface area (Å²) in [6, 6.07) is 13.8. The van der Waals surface area contributed by atoms with E-state index in [4.69, 9.17) is 0 Å². The number of hydrogen-bond acceptors (Lipinski definition) is 3. The fourth-order valence-corrected chi connectivity index (χ4v) is 3.00. The molecule has 0 fully saturated rings. The van der Waals surface area contributed by atoms with Crippen LogP contribution in [0.25, 0.3) is 28.5 Å². The number of benzene rings is 2. The number of halogens is 2. The van der Waals surface area contributed by atoms with Crippen LogP contribution in [0.2, 0.25) is 0 Å². The third kappa shape index (κ3) is 5.27. The number of hydrogen-bond donors (Lipinski definition) is 2. The molecule has 0 radical (unpaired) electrons. The van der Waals surface area contributed by atoms with Gasteiger partial charge in [0, 0.05) is 17.3 Å². The largest absolute Gasteiger partial charge is 0.505 e. The first kappa shape index (κ1) is 20.7. The summed E-state index contributed by atoms with van der Waals surface area (Å²) in [5, 5.41) is 18.5. The second kappa shape index (κ2) is 9.43. The van der Waals surface area contributed by atoms with Crippen LogP contribution in [0.1, 0.15) is 31.7 Å². The van der Waals surface area contributed by atoms with Gasteiger partial charge in [0.2, 0.25) is 5.82 Å². The van der Waals surface area contributed by atoms with Gasteiger partial charge in [-0.2, -0.15) is 4.39 Å². The number of nitrogens with zero attached hydrogens (tertiary/aromatic N) is 1. The average Bonchev–Trinajstić information content (AvgIpc) is 2.72. The van der Waals surface area contributed by atoms with Crippen molar-refractivity contribution < 1.29 is 19.0 Å². The number of rotatable bonds is 7. The predicted octanol–water partition coefficient (Wildman–Crippen LogP) is 5.96. The second-order valence-corrected chi connectivity index (χ2v) is 7.00. The molecule has 0 spiro atoms. The maximum absolute atomic E-state index is 14.0. The van der Waals surface area contributed by atoms with Crippen LogP contribution in [0.4, 0.5) is 8.78 Å². The lowest BCUT2D eigenvalue weighted by Crippen LogP contribution is -1.97. The third-order valence-electron chi connectivity index (χ3n) is 4.65. The molecule has 3 rings (SSSR count). The van der Waals surface area contributed by atoms with Gasteiger partial charge in [0.1, 0.15) is 0 Å². The van der Waals surface area contributed by atoms with E-state index in [0.717, 1.165) is 42.0 Å². The summed E-state index contributed by atoms with van der Waals surface area (Å²) in [4.78, 5) is 4.24.